The lowest BCUT2D eigenvalue weighted by Gasteiger charge is -2.33. The molecule has 7 nitrogen and oxygen atoms in total. The number of fused-ring (bicyclic) bond motifs is 1. The molecular formula is C30H32N4O3. The molecule has 1 fully saturated rings. The van der Waals surface area contributed by atoms with Gasteiger partial charge in [0.1, 0.15) is 18.3 Å². The van der Waals surface area contributed by atoms with E-state index in [4.69, 9.17) is 4.74 Å². The summed E-state index contributed by atoms with van der Waals surface area (Å²) in [6.07, 6.45) is 7.01. The minimum atomic E-state index is -0.821. The summed E-state index contributed by atoms with van der Waals surface area (Å²) in [6, 6.07) is 23.8. The van der Waals surface area contributed by atoms with Crippen LogP contribution in [0.4, 0.5) is 5.69 Å². The molecule has 1 N–H and O–H groups in total. The lowest BCUT2D eigenvalue weighted by Crippen LogP contribution is -2.48. The average Bonchev–Trinajstić information content (AvgIpc) is 3.35. The Balaban J connectivity index is 1.54. The third kappa shape index (κ3) is 5.50. The number of ether oxygens (including phenoxy) is 1. The van der Waals surface area contributed by atoms with Crippen LogP contribution in [0.1, 0.15) is 43.7 Å². The molecule has 1 saturated carbocycles. The first-order chi connectivity index (χ1) is 18.1. The van der Waals surface area contributed by atoms with Gasteiger partial charge in [-0.15, -0.1) is 0 Å². The third-order valence-electron chi connectivity index (χ3n) is 7.03. The van der Waals surface area contributed by atoms with E-state index < -0.39 is 6.04 Å². The smallest absolute Gasteiger partial charge is 0.248 e. The van der Waals surface area contributed by atoms with E-state index in [0.29, 0.717) is 11.4 Å². The number of anilines is 1. The third-order valence-corrected chi connectivity index (χ3v) is 7.03. The van der Waals surface area contributed by atoms with Gasteiger partial charge in [-0.2, -0.15) is 0 Å². The van der Waals surface area contributed by atoms with Gasteiger partial charge in [-0.25, -0.2) is 4.98 Å². The topological polar surface area (TPSA) is 76.5 Å². The zero-order chi connectivity index (χ0) is 25.6. The second kappa shape index (κ2) is 11.3. The highest BCUT2D eigenvalue weighted by Crippen LogP contribution is 2.31. The molecule has 1 atom stereocenters. The SMILES string of the molecule is COc1ccc(N(C(=O)Cn2cnc3ccccc32)[C@H](C(=O)NC2CCCCC2)c2ccccc2)cc1. The van der Waals surface area contributed by atoms with Crippen LogP contribution in [0.3, 0.4) is 0 Å². The van der Waals surface area contributed by atoms with E-state index in [-0.39, 0.29) is 24.4 Å². The van der Waals surface area contributed by atoms with Gasteiger partial charge in [0.15, 0.2) is 0 Å². The number of para-hydroxylation sites is 2. The second-order valence-electron chi connectivity index (χ2n) is 9.48. The van der Waals surface area contributed by atoms with Crippen LogP contribution in [-0.2, 0) is 16.1 Å². The zero-order valence-electron chi connectivity index (χ0n) is 21.0. The van der Waals surface area contributed by atoms with Gasteiger partial charge in [0.25, 0.3) is 0 Å². The summed E-state index contributed by atoms with van der Waals surface area (Å²) in [4.78, 5) is 34.1. The Hall–Kier alpha value is -4.13. The van der Waals surface area contributed by atoms with Crippen molar-refractivity contribution in [3.8, 4) is 5.75 Å². The van der Waals surface area contributed by atoms with E-state index in [9.17, 15) is 9.59 Å². The molecule has 0 unspecified atom stereocenters. The number of carbonyl (C=O) groups excluding carboxylic acids is 2. The van der Waals surface area contributed by atoms with E-state index in [1.165, 1.54) is 6.42 Å². The molecule has 1 heterocycles. The van der Waals surface area contributed by atoms with Crippen LogP contribution in [-0.4, -0.2) is 34.5 Å². The number of nitrogens with one attached hydrogen (secondary N) is 1. The first-order valence-corrected chi connectivity index (χ1v) is 12.9. The highest BCUT2D eigenvalue weighted by Gasteiger charge is 2.34. The maximum atomic E-state index is 14.1. The summed E-state index contributed by atoms with van der Waals surface area (Å²) in [5.41, 5.74) is 3.08. The van der Waals surface area contributed by atoms with E-state index in [1.807, 2.05) is 83.4 Å². The fraction of sp³-hybridized carbons (Fsp3) is 0.300. The van der Waals surface area contributed by atoms with Crippen LogP contribution in [0, 0.1) is 0 Å². The van der Waals surface area contributed by atoms with Crippen molar-refractivity contribution in [2.75, 3.05) is 12.0 Å². The molecule has 0 spiro atoms. The maximum Gasteiger partial charge on any atom is 0.248 e. The predicted octanol–water partition coefficient (Wildman–Crippen LogP) is 5.27. The van der Waals surface area contributed by atoms with Gasteiger partial charge in [-0.3, -0.25) is 14.5 Å². The number of methoxy groups -OCH3 is 1. The lowest BCUT2D eigenvalue weighted by atomic mass is 9.94. The van der Waals surface area contributed by atoms with Crippen LogP contribution in [0.25, 0.3) is 11.0 Å². The number of carbonyl (C=O) groups is 2. The Bertz CT molecular complexity index is 1340. The predicted molar refractivity (Wildman–Crippen MR) is 144 cm³/mol. The molecule has 0 radical (unpaired) electrons. The van der Waals surface area contributed by atoms with Gasteiger partial charge < -0.3 is 14.6 Å². The molecule has 190 valence electrons. The number of amides is 2. The molecule has 1 aliphatic rings. The number of hydrogen-bond donors (Lipinski definition) is 1. The molecule has 0 aliphatic heterocycles. The largest absolute Gasteiger partial charge is 0.497 e. The van der Waals surface area contributed by atoms with Crippen molar-refractivity contribution in [3.63, 3.8) is 0 Å². The lowest BCUT2D eigenvalue weighted by molar-refractivity contribution is -0.127. The van der Waals surface area contributed by atoms with Crippen molar-refractivity contribution < 1.29 is 14.3 Å². The van der Waals surface area contributed by atoms with Crippen LogP contribution in [0.5, 0.6) is 5.75 Å². The number of imidazole rings is 1. The molecule has 5 rings (SSSR count). The fourth-order valence-corrected chi connectivity index (χ4v) is 5.12. The van der Waals surface area contributed by atoms with E-state index in [1.54, 1.807) is 18.3 Å². The summed E-state index contributed by atoms with van der Waals surface area (Å²) in [6.45, 7) is 0.0482. The van der Waals surface area contributed by atoms with Gasteiger partial charge in [0, 0.05) is 11.7 Å². The van der Waals surface area contributed by atoms with Crippen molar-refractivity contribution in [2.45, 2.75) is 50.7 Å². The average molecular weight is 497 g/mol. The van der Waals surface area contributed by atoms with Gasteiger partial charge in [-0.05, 0) is 54.8 Å². The summed E-state index contributed by atoms with van der Waals surface area (Å²) in [5, 5.41) is 3.26. The van der Waals surface area contributed by atoms with E-state index in [0.717, 1.165) is 42.3 Å². The van der Waals surface area contributed by atoms with Crippen molar-refractivity contribution in [3.05, 3.63) is 90.8 Å². The molecule has 0 saturated heterocycles. The van der Waals surface area contributed by atoms with E-state index >= 15 is 0 Å². The highest BCUT2D eigenvalue weighted by atomic mass is 16.5. The van der Waals surface area contributed by atoms with Crippen molar-refractivity contribution in [1.29, 1.82) is 0 Å². The Kier molecular flexibility index (Phi) is 7.49. The molecule has 0 bridgehead atoms. The number of nitrogens with zero attached hydrogens (tertiary/aromatic N) is 3. The Labute approximate surface area is 217 Å². The molecular weight excluding hydrogens is 464 g/mol. The fourth-order valence-electron chi connectivity index (χ4n) is 5.12. The summed E-state index contributed by atoms with van der Waals surface area (Å²) < 4.78 is 7.17. The minimum Gasteiger partial charge on any atom is -0.497 e. The summed E-state index contributed by atoms with van der Waals surface area (Å²) in [7, 11) is 1.60. The Morgan fingerprint density at radius 2 is 1.68 bits per heavy atom. The van der Waals surface area contributed by atoms with Crippen LogP contribution >= 0.6 is 0 Å². The number of rotatable bonds is 8. The normalized spacial score (nSPS) is 14.7. The minimum absolute atomic E-state index is 0.0482. The second-order valence-corrected chi connectivity index (χ2v) is 9.48. The summed E-state index contributed by atoms with van der Waals surface area (Å²) >= 11 is 0. The van der Waals surface area contributed by atoms with Crippen molar-refractivity contribution in [2.24, 2.45) is 0 Å². The first kappa shape index (κ1) is 24.6. The molecule has 3 aromatic carbocycles. The summed E-state index contributed by atoms with van der Waals surface area (Å²) in [5.74, 6) is 0.304. The van der Waals surface area contributed by atoms with Crippen LogP contribution in [0.2, 0.25) is 0 Å². The Morgan fingerprint density at radius 3 is 2.41 bits per heavy atom. The maximum absolute atomic E-state index is 14.1. The van der Waals surface area contributed by atoms with Crippen molar-refractivity contribution in [1.82, 2.24) is 14.9 Å². The standard InChI is InChI=1S/C30H32N4O3/c1-37-25-18-16-24(17-19-25)34(28(35)20-33-21-31-26-14-8-9-15-27(26)33)29(22-10-4-2-5-11-22)30(36)32-23-12-6-3-7-13-23/h2,4-5,8-11,14-19,21,23,29H,3,6-7,12-13,20H2,1H3,(H,32,36)/t29-/m0/s1. The molecule has 1 aromatic heterocycles. The van der Waals surface area contributed by atoms with Crippen molar-refractivity contribution >= 4 is 28.5 Å². The van der Waals surface area contributed by atoms with Crippen LogP contribution < -0.4 is 15.0 Å². The number of hydrogen-bond acceptors (Lipinski definition) is 4. The van der Waals surface area contributed by atoms with Gasteiger partial charge in [0.2, 0.25) is 11.8 Å². The zero-order valence-corrected chi connectivity index (χ0v) is 21.0. The molecule has 1 aliphatic carbocycles. The Morgan fingerprint density at radius 1 is 0.973 bits per heavy atom. The van der Waals surface area contributed by atoms with Gasteiger partial charge in [-0.1, -0.05) is 61.7 Å². The molecule has 4 aromatic rings. The monoisotopic (exact) mass is 496 g/mol. The van der Waals surface area contributed by atoms with Crippen LogP contribution in [0.15, 0.2) is 85.2 Å². The first-order valence-electron chi connectivity index (χ1n) is 12.9. The number of aromatic nitrogens is 2. The molecule has 7 heteroatoms. The van der Waals surface area contributed by atoms with Gasteiger partial charge in [0.05, 0.1) is 24.5 Å². The number of benzene rings is 3. The van der Waals surface area contributed by atoms with E-state index in [2.05, 4.69) is 10.3 Å². The molecule has 37 heavy (non-hydrogen) atoms. The highest BCUT2D eigenvalue weighted by molar-refractivity contribution is 6.01. The van der Waals surface area contributed by atoms with Gasteiger partial charge >= 0.3 is 0 Å². The quantitative estimate of drug-likeness (QED) is 0.361. The molecule has 2 amide bonds.